The number of aromatic amines is 1. The predicted octanol–water partition coefficient (Wildman–Crippen LogP) is 0.177. The van der Waals surface area contributed by atoms with Gasteiger partial charge in [0.25, 0.3) is 0 Å². The predicted molar refractivity (Wildman–Crippen MR) is 60.3 cm³/mol. The average Bonchev–Trinajstić information content (AvgIpc) is 2.69. The number of aromatic nitrogens is 2. The summed E-state index contributed by atoms with van der Waals surface area (Å²) in [6, 6.07) is 1.97. The first-order chi connectivity index (χ1) is 6.83. The van der Waals surface area contributed by atoms with Crippen LogP contribution >= 0.6 is 11.8 Å². The van der Waals surface area contributed by atoms with Gasteiger partial charge in [-0.05, 0) is 6.07 Å². The van der Waals surface area contributed by atoms with Crippen molar-refractivity contribution in [2.75, 3.05) is 19.3 Å². The first-order valence-corrected chi connectivity index (χ1v) is 5.50. The zero-order chi connectivity index (χ0) is 10.2. The highest BCUT2D eigenvalue weighted by molar-refractivity contribution is 7.98. The van der Waals surface area contributed by atoms with Crippen LogP contribution in [-0.2, 0) is 5.75 Å². The number of H-pyrrole nitrogens is 1. The Labute approximate surface area is 87.6 Å². The Morgan fingerprint density at radius 1 is 1.79 bits per heavy atom. The van der Waals surface area contributed by atoms with Crippen LogP contribution in [0.25, 0.3) is 0 Å². The number of nitrogens with zero attached hydrogens (tertiary/aromatic N) is 2. The maximum atomic E-state index is 5.46. The fraction of sp³-hybridized carbons (Fsp3) is 0.500. The Bertz CT molecular complexity index is 269. The van der Waals surface area contributed by atoms with Gasteiger partial charge >= 0.3 is 0 Å². The standard InChI is InChI=1S/C8H15N5S/c1-10-8(9)11-4-5-14-6-7-2-3-12-13-7/h2-3H,4-6H2,1H3,(H,12,13)(H3,9,10,11). The lowest BCUT2D eigenvalue weighted by Gasteiger charge is -2.03. The third-order valence-electron chi connectivity index (χ3n) is 1.61. The fourth-order valence-corrected chi connectivity index (χ4v) is 1.65. The molecule has 0 bridgehead atoms. The summed E-state index contributed by atoms with van der Waals surface area (Å²) in [5, 5.41) is 9.77. The second-order valence-corrected chi connectivity index (χ2v) is 3.78. The molecule has 1 heterocycles. The molecule has 1 rings (SSSR count). The van der Waals surface area contributed by atoms with Crippen molar-refractivity contribution in [1.82, 2.24) is 15.5 Å². The number of hydrogen-bond acceptors (Lipinski definition) is 3. The monoisotopic (exact) mass is 213 g/mol. The second-order valence-electron chi connectivity index (χ2n) is 2.67. The highest BCUT2D eigenvalue weighted by Crippen LogP contribution is 2.07. The lowest BCUT2D eigenvalue weighted by molar-refractivity contribution is 0.957. The molecule has 1 aromatic heterocycles. The van der Waals surface area contributed by atoms with Crippen molar-refractivity contribution >= 4 is 17.7 Å². The van der Waals surface area contributed by atoms with E-state index in [0.29, 0.717) is 5.96 Å². The van der Waals surface area contributed by atoms with Crippen LogP contribution in [-0.4, -0.2) is 35.5 Å². The lowest BCUT2D eigenvalue weighted by Crippen LogP contribution is -2.32. The molecule has 0 amide bonds. The van der Waals surface area contributed by atoms with Crippen LogP contribution < -0.4 is 11.1 Å². The molecule has 0 saturated heterocycles. The Kier molecular flexibility index (Phi) is 4.92. The fourth-order valence-electron chi connectivity index (χ4n) is 0.878. The SMILES string of the molecule is CN=C(N)NCCSCc1ccn[nH]1. The number of hydrogen-bond donors (Lipinski definition) is 3. The molecule has 0 aromatic carbocycles. The first-order valence-electron chi connectivity index (χ1n) is 4.35. The number of guanidine groups is 1. The summed E-state index contributed by atoms with van der Waals surface area (Å²) in [5.41, 5.74) is 6.61. The average molecular weight is 213 g/mol. The van der Waals surface area contributed by atoms with Crippen molar-refractivity contribution in [3.63, 3.8) is 0 Å². The van der Waals surface area contributed by atoms with E-state index in [2.05, 4.69) is 20.5 Å². The van der Waals surface area contributed by atoms with Crippen molar-refractivity contribution in [3.8, 4) is 0 Å². The lowest BCUT2D eigenvalue weighted by atomic mass is 10.5. The van der Waals surface area contributed by atoms with Crippen molar-refractivity contribution in [1.29, 1.82) is 0 Å². The Morgan fingerprint density at radius 3 is 3.29 bits per heavy atom. The maximum Gasteiger partial charge on any atom is 0.188 e. The Morgan fingerprint density at radius 2 is 2.64 bits per heavy atom. The van der Waals surface area contributed by atoms with Gasteiger partial charge in [0.2, 0.25) is 0 Å². The van der Waals surface area contributed by atoms with Gasteiger partial charge in [-0.1, -0.05) is 0 Å². The third kappa shape index (κ3) is 4.18. The number of aliphatic imine (C=N–C) groups is 1. The molecule has 4 N–H and O–H groups in total. The molecule has 6 heteroatoms. The van der Waals surface area contributed by atoms with Crippen LogP contribution in [0, 0.1) is 0 Å². The van der Waals surface area contributed by atoms with Crippen LogP contribution in [0.1, 0.15) is 5.69 Å². The Balaban J connectivity index is 2.00. The van der Waals surface area contributed by atoms with E-state index in [1.165, 1.54) is 0 Å². The molecule has 0 aliphatic carbocycles. The van der Waals surface area contributed by atoms with Gasteiger partial charge in [0, 0.05) is 37.0 Å². The minimum atomic E-state index is 0.493. The van der Waals surface area contributed by atoms with Crippen molar-refractivity contribution in [2.45, 2.75) is 5.75 Å². The smallest absolute Gasteiger partial charge is 0.188 e. The van der Waals surface area contributed by atoms with Crippen molar-refractivity contribution in [2.24, 2.45) is 10.7 Å². The van der Waals surface area contributed by atoms with Crippen molar-refractivity contribution < 1.29 is 0 Å². The minimum absolute atomic E-state index is 0.493. The third-order valence-corrected chi connectivity index (χ3v) is 2.62. The van der Waals surface area contributed by atoms with Gasteiger partial charge in [-0.2, -0.15) is 16.9 Å². The Hall–Kier alpha value is -1.17. The molecule has 0 atom stereocenters. The molecule has 0 unspecified atom stereocenters. The summed E-state index contributed by atoms with van der Waals surface area (Å²) in [7, 11) is 1.67. The molecule has 78 valence electrons. The number of nitrogens with one attached hydrogen (secondary N) is 2. The molecule has 5 nitrogen and oxygen atoms in total. The molecule has 0 aliphatic heterocycles. The first kappa shape index (κ1) is 10.9. The van der Waals surface area contributed by atoms with Crippen LogP contribution in [0.4, 0.5) is 0 Å². The summed E-state index contributed by atoms with van der Waals surface area (Å²) in [6.45, 7) is 0.835. The van der Waals surface area contributed by atoms with Gasteiger partial charge < -0.3 is 11.1 Å². The van der Waals surface area contributed by atoms with Gasteiger partial charge in [-0.3, -0.25) is 10.1 Å². The quantitative estimate of drug-likeness (QED) is 0.370. The molecule has 0 fully saturated rings. The van der Waals surface area contributed by atoms with E-state index in [9.17, 15) is 0 Å². The summed E-state index contributed by atoms with van der Waals surface area (Å²) in [4.78, 5) is 3.79. The normalized spacial score (nSPS) is 11.6. The summed E-state index contributed by atoms with van der Waals surface area (Å²) in [5.74, 6) is 2.44. The largest absolute Gasteiger partial charge is 0.370 e. The molecule has 14 heavy (non-hydrogen) atoms. The molecule has 1 aromatic rings. The zero-order valence-electron chi connectivity index (χ0n) is 8.16. The van der Waals surface area contributed by atoms with Gasteiger partial charge in [-0.15, -0.1) is 0 Å². The number of thioether (sulfide) groups is 1. The number of nitrogens with two attached hydrogens (primary N) is 1. The van der Waals surface area contributed by atoms with E-state index in [1.54, 1.807) is 13.2 Å². The van der Waals surface area contributed by atoms with E-state index in [4.69, 9.17) is 5.73 Å². The van der Waals surface area contributed by atoms with E-state index in [-0.39, 0.29) is 0 Å². The van der Waals surface area contributed by atoms with Crippen molar-refractivity contribution in [3.05, 3.63) is 18.0 Å². The van der Waals surface area contributed by atoms with Crippen LogP contribution in [0.3, 0.4) is 0 Å². The van der Waals surface area contributed by atoms with Gasteiger partial charge in [-0.25, -0.2) is 0 Å². The molecular formula is C8H15N5S. The highest BCUT2D eigenvalue weighted by atomic mass is 32.2. The van der Waals surface area contributed by atoms with Gasteiger partial charge in [0.1, 0.15) is 0 Å². The van der Waals surface area contributed by atoms with Gasteiger partial charge in [0.05, 0.1) is 0 Å². The van der Waals surface area contributed by atoms with Crippen LogP contribution in [0.5, 0.6) is 0 Å². The van der Waals surface area contributed by atoms with E-state index in [1.807, 2.05) is 17.8 Å². The van der Waals surface area contributed by atoms with Crippen LogP contribution in [0.2, 0.25) is 0 Å². The van der Waals surface area contributed by atoms with Gasteiger partial charge in [0.15, 0.2) is 5.96 Å². The van der Waals surface area contributed by atoms with E-state index in [0.717, 1.165) is 23.7 Å². The highest BCUT2D eigenvalue weighted by Gasteiger charge is 1.94. The molecule has 0 aliphatic rings. The van der Waals surface area contributed by atoms with E-state index < -0.39 is 0 Å². The maximum absolute atomic E-state index is 5.46. The summed E-state index contributed by atoms with van der Waals surface area (Å²) in [6.07, 6.45) is 1.76. The topological polar surface area (TPSA) is 79.1 Å². The van der Waals surface area contributed by atoms with Crippen LogP contribution in [0.15, 0.2) is 17.3 Å². The second kappa shape index (κ2) is 6.31. The molecule has 0 saturated carbocycles. The molecule has 0 radical (unpaired) electrons. The summed E-state index contributed by atoms with van der Waals surface area (Å²) < 4.78 is 0. The minimum Gasteiger partial charge on any atom is -0.370 e. The van der Waals surface area contributed by atoms with E-state index >= 15 is 0 Å². The summed E-state index contributed by atoms with van der Waals surface area (Å²) >= 11 is 1.82. The molecule has 0 spiro atoms. The zero-order valence-corrected chi connectivity index (χ0v) is 8.97. The number of rotatable bonds is 5. The molecular weight excluding hydrogens is 198 g/mol.